The van der Waals surface area contributed by atoms with E-state index in [0.717, 1.165) is 5.56 Å². The van der Waals surface area contributed by atoms with Crippen LogP contribution >= 0.6 is 0 Å². The molecule has 1 aliphatic heterocycles. The molecule has 3 heteroatoms. The highest BCUT2D eigenvalue weighted by Gasteiger charge is 2.41. The van der Waals surface area contributed by atoms with E-state index in [1.54, 1.807) is 6.07 Å². The van der Waals surface area contributed by atoms with Gasteiger partial charge in [-0.25, -0.2) is 0 Å². The summed E-state index contributed by atoms with van der Waals surface area (Å²) in [4.78, 5) is 0. The van der Waals surface area contributed by atoms with Crippen molar-refractivity contribution in [1.29, 1.82) is 0 Å². The van der Waals surface area contributed by atoms with Crippen LogP contribution in [-0.4, -0.2) is 6.11 Å². The van der Waals surface area contributed by atoms with Crippen LogP contribution in [0, 0.1) is 0 Å². The second kappa shape index (κ2) is 2.94. The van der Waals surface area contributed by atoms with Crippen molar-refractivity contribution < 1.29 is 13.5 Å². The molecule has 0 unspecified atom stereocenters. The highest BCUT2D eigenvalue weighted by atomic mass is 19.3. The van der Waals surface area contributed by atoms with Crippen molar-refractivity contribution in [3.63, 3.8) is 0 Å². The van der Waals surface area contributed by atoms with Gasteiger partial charge < -0.3 is 4.74 Å². The Balaban J connectivity index is 2.51. The number of rotatable bonds is 0. The van der Waals surface area contributed by atoms with E-state index in [4.69, 9.17) is 4.74 Å². The summed E-state index contributed by atoms with van der Waals surface area (Å²) in [7, 11) is 0. The molecule has 1 aromatic rings. The molecule has 0 spiro atoms. The number of fused-ring (bicyclic) bond motifs is 1. The molecule has 1 heterocycles. The molecule has 0 aromatic heterocycles. The number of benzene rings is 1. The highest BCUT2D eigenvalue weighted by Crippen LogP contribution is 2.43. The first-order valence-electron chi connectivity index (χ1n) is 4.99. The number of halogens is 2. The van der Waals surface area contributed by atoms with E-state index in [-0.39, 0.29) is 11.8 Å². The largest absolute Gasteiger partial charge is 0.432 e. The molecule has 0 saturated carbocycles. The monoisotopic (exact) mass is 212 g/mol. The summed E-state index contributed by atoms with van der Waals surface area (Å²) < 4.78 is 30.9. The molecule has 0 amide bonds. The Morgan fingerprint density at radius 2 is 1.93 bits per heavy atom. The van der Waals surface area contributed by atoms with Crippen LogP contribution in [0.3, 0.4) is 0 Å². The van der Waals surface area contributed by atoms with E-state index in [2.05, 4.69) is 0 Å². The Labute approximate surface area is 88.1 Å². The van der Waals surface area contributed by atoms with Gasteiger partial charge in [0.2, 0.25) is 0 Å². The quantitative estimate of drug-likeness (QED) is 0.639. The SMILES string of the molecule is CC(C)(C)c1cccc2c1OC(F)(F)C2. The van der Waals surface area contributed by atoms with Gasteiger partial charge in [0, 0.05) is 11.1 Å². The maximum atomic E-state index is 13.1. The van der Waals surface area contributed by atoms with E-state index in [1.165, 1.54) is 0 Å². The van der Waals surface area contributed by atoms with Gasteiger partial charge in [-0.3, -0.25) is 0 Å². The normalized spacial score (nSPS) is 18.5. The third-order valence-corrected chi connectivity index (χ3v) is 2.55. The Morgan fingerprint density at radius 1 is 1.27 bits per heavy atom. The summed E-state index contributed by atoms with van der Waals surface area (Å²) in [5.74, 6) is 0.370. The number of para-hydroxylation sites is 1. The zero-order valence-electron chi connectivity index (χ0n) is 9.10. The fourth-order valence-corrected chi connectivity index (χ4v) is 1.84. The van der Waals surface area contributed by atoms with Gasteiger partial charge in [0.05, 0.1) is 6.42 Å². The minimum atomic E-state index is -3.04. The van der Waals surface area contributed by atoms with Gasteiger partial charge in [-0.15, -0.1) is 0 Å². The van der Waals surface area contributed by atoms with E-state index >= 15 is 0 Å². The van der Waals surface area contributed by atoms with E-state index in [1.807, 2.05) is 32.9 Å². The lowest BCUT2D eigenvalue weighted by Crippen LogP contribution is -2.21. The van der Waals surface area contributed by atoms with Crippen LogP contribution in [0.4, 0.5) is 8.78 Å². The van der Waals surface area contributed by atoms with Crippen LogP contribution in [0.1, 0.15) is 31.9 Å². The third kappa shape index (κ3) is 1.83. The molecule has 0 bridgehead atoms. The lowest BCUT2D eigenvalue weighted by atomic mass is 9.85. The number of hydrogen-bond acceptors (Lipinski definition) is 1. The van der Waals surface area contributed by atoms with E-state index in [0.29, 0.717) is 11.3 Å². The molecular weight excluding hydrogens is 198 g/mol. The summed E-state index contributed by atoms with van der Waals surface area (Å²) >= 11 is 0. The lowest BCUT2D eigenvalue weighted by molar-refractivity contribution is -0.159. The minimum Gasteiger partial charge on any atom is -0.432 e. The average Bonchev–Trinajstić information content (AvgIpc) is 2.35. The molecule has 0 radical (unpaired) electrons. The second-order valence-corrected chi connectivity index (χ2v) is 4.96. The van der Waals surface area contributed by atoms with Gasteiger partial charge in [-0.2, -0.15) is 8.78 Å². The van der Waals surface area contributed by atoms with Crippen LogP contribution in [-0.2, 0) is 11.8 Å². The Hall–Kier alpha value is -1.12. The van der Waals surface area contributed by atoms with Gasteiger partial charge in [0.15, 0.2) is 0 Å². The third-order valence-electron chi connectivity index (χ3n) is 2.55. The van der Waals surface area contributed by atoms with Crippen LogP contribution in [0.25, 0.3) is 0 Å². The van der Waals surface area contributed by atoms with E-state index in [9.17, 15) is 8.78 Å². The first-order chi connectivity index (χ1) is 6.80. The number of hydrogen-bond donors (Lipinski definition) is 0. The molecular formula is C12H14F2O. The lowest BCUT2D eigenvalue weighted by Gasteiger charge is -2.22. The fourth-order valence-electron chi connectivity index (χ4n) is 1.84. The first-order valence-corrected chi connectivity index (χ1v) is 4.99. The predicted octanol–water partition coefficient (Wildman–Crippen LogP) is 3.51. The Morgan fingerprint density at radius 3 is 2.53 bits per heavy atom. The summed E-state index contributed by atoms with van der Waals surface area (Å²) in [5.41, 5.74) is 1.27. The van der Waals surface area contributed by atoms with Gasteiger partial charge in [-0.05, 0) is 5.41 Å². The molecule has 0 N–H and O–H groups in total. The molecule has 0 aliphatic carbocycles. The van der Waals surface area contributed by atoms with Gasteiger partial charge in [-0.1, -0.05) is 39.0 Å². The molecule has 0 saturated heterocycles. The summed E-state index contributed by atoms with van der Waals surface area (Å²) in [6.45, 7) is 5.97. The van der Waals surface area contributed by atoms with Crippen molar-refractivity contribution in [2.75, 3.05) is 0 Å². The zero-order valence-corrected chi connectivity index (χ0v) is 9.10. The van der Waals surface area contributed by atoms with Crippen molar-refractivity contribution >= 4 is 0 Å². The Kier molecular flexibility index (Phi) is 2.04. The summed E-state index contributed by atoms with van der Waals surface area (Å²) in [5, 5.41) is 0. The second-order valence-electron chi connectivity index (χ2n) is 4.96. The summed E-state index contributed by atoms with van der Waals surface area (Å²) in [6, 6.07) is 5.36. The van der Waals surface area contributed by atoms with Crippen molar-refractivity contribution in [3.8, 4) is 5.75 Å². The molecule has 82 valence electrons. The average molecular weight is 212 g/mol. The van der Waals surface area contributed by atoms with Crippen molar-refractivity contribution in [2.24, 2.45) is 0 Å². The van der Waals surface area contributed by atoms with E-state index < -0.39 is 6.11 Å². The van der Waals surface area contributed by atoms with Gasteiger partial charge >= 0.3 is 6.11 Å². The van der Waals surface area contributed by atoms with Crippen LogP contribution in [0.5, 0.6) is 5.75 Å². The molecule has 1 aromatic carbocycles. The Bertz CT molecular complexity index is 391. The van der Waals surface area contributed by atoms with Crippen molar-refractivity contribution in [3.05, 3.63) is 29.3 Å². The fraction of sp³-hybridized carbons (Fsp3) is 0.500. The molecule has 1 nitrogen and oxygen atoms in total. The van der Waals surface area contributed by atoms with Crippen LogP contribution in [0.15, 0.2) is 18.2 Å². The van der Waals surface area contributed by atoms with Crippen molar-refractivity contribution in [2.45, 2.75) is 38.7 Å². The highest BCUT2D eigenvalue weighted by molar-refractivity contribution is 5.47. The predicted molar refractivity (Wildman–Crippen MR) is 54.4 cm³/mol. The smallest absolute Gasteiger partial charge is 0.402 e. The molecule has 15 heavy (non-hydrogen) atoms. The maximum Gasteiger partial charge on any atom is 0.402 e. The van der Waals surface area contributed by atoms with Crippen molar-refractivity contribution in [1.82, 2.24) is 0 Å². The standard InChI is InChI=1S/C12H14F2O/c1-11(2,3)9-6-4-5-8-7-12(13,14)15-10(8)9/h4-6H,7H2,1-3H3. The number of alkyl halides is 2. The minimum absolute atomic E-state index is 0.175. The zero-order chi connectivity index (χ0) is 11.3. The topological polar surface area (TPSA) is 9.23 Å². The molecule has 1 aliphatic rings. The van der Waals surface area contributed by atoms with Gasteiger partial charge in [0.1, 0.15) is 5.75 Å². The van der Waals surface area contributed by atoms with Gasteiger partial charge in [0.25, 0.3) is 0 Å². The molecule has 0 atom stereocenters. The summed E-state index contributed by atoms with van der Waals surface area (Å²) in [6.07, 6.45) is -3.35. The maximum absolute atomic E-state index is 13.1. The number of ether oxygens (including phenoxy) is 1. The van der Waals surface area contributed by atoms with Crippen LogP contribution in [0.2, 0.25) is 0 Å². The first kappa shape index (κ1) is 10.4. The van der Waals surface area contributed by atoms with Crippen LogP contribution < -0.4 is 4.74 Å². The molecule has 2 rings (SSSR count). The molecule has 0 fully saturated rings.